The van der Waals surface area contributed by atoms with Crippen LogP contribution in [0.2, 0.25) is 0 Å². The molecule has 1 fully saturated rings. The molecule has 1 unspecified atom stereocenters. The Morgan fingerprint density at radius 2 is 1.95 bits per heavy atom. The number of aryl methyl sites for hydroxylation is 1. The Kier molecular flexibility index (Phi) is 5.01. The van der Waals surface area contributed by atoms with Crippen molar-refractivity contribution in [2.24, 2.45) is 11.7 Å². The van der Waals surface area contributed by atoms with Crippen LogP contribution in [0.1, 0.15) is 25.3 Å². The van der Waals surface area contributed by atoms with Gasteiger partial charge in [-0.25, -0.2) is 13.1 Å². The summed E-state index contributed by atoms with van der Waals surface area (Å²) in [6.07, 6.45) is 2.09. The van der Waals surface area contributed by atoms with Crippen molar-refractivity contribution in [2.45, 2.75) is 37.1 Å². The van der Waals surface area contributed by atoms with Gasteiger partial charge >= 0.3 is 0 Å². The molecule has 0 bridgehead atoms. The summed E-state index contributed by atoms with van der Waals surface area (Å²) in [5.41, 5.74) is 5.97. The van der Waals surface area contributed by atoms with Gasteiger partial charge in [-0.3, -0.25) is 0 Å². The molecule has 0 aliphatic heterocycles. The zero-order valence-corrected chi connectivity index (χ0v) is 12.9. The Labute approximate surface area is 121 Å². The van der Waals surface area contributed by atoms with Crippen molar-refractivity contribution in [3.63, 3.8) is 0 Å². The van der Waals surface area contributed by atoms with Gasteiger partial charge in [0, 0.05) is 12.1 Å². The third kappa shape index (κ3) is 3.48. The number of rotatable bonds is 5. The van der Waals surface area contributed by atoms with Crippen LogP contribution in [0.15, 0.2) is 29.2 Å². The molecule has 0 spiro atoms. The molecule has 0 heterocycles. The van der Waals surface area contributed by atoms with Gasteiger partial charge in [-0.15, -0.1) is 12.4 Å². The summed E-state index contributed by atoms with van der Waals surface area (Å²) in [7, 11) is -3.50. The van der Waals surface area contributed by atoms with E-state index in [9.17, 15) is 8.42 Å². The van der Waals surface area contributed by atoms with Gasteiger partial charge in [-0.1, -0.05) is 18.2 Å². The Hall–Kier alpha value is -0.620. The second kappa shape index (κ2) is 5.79. The van der Waals surface area contributed by atoms with Crippen LogP contribution in [0, 0.1) is 12.8 Å². The molecular weight excluding hydrogens is 284 g/mol. The van der Waals surface area contributed by atoms with E-state index in [-0.39, 0.29) is 12.4 Å². The third-order valence-electron chi connectivity index (χ3n) is 3.65. The fourth-order valence-electron chi connectivity index (χ4n) is 2.23. The SMILES string of the molecule is Cc1ccccc1S(=O)(=O)NC(C)(CN)C1CC1.Cl. The molecule has 1 saturated carbocycles. The largest absolute Gasteiger partial charge is 0.329 e. The predicted molar refractivity (Wildman–Crippen MR) is 78.9 cm³/mol. The number of hydrogen-bond donors (Lipinski definition) is 2. The number of nitrogens with one attached hydrogen (secondary N) is 1. The number of halogens is 1. The fourth-order valence-corrected chi connectivity index (χ4v) is 3.96. The van der Waals surface area contributed by atoms with Crippen molar-refractivity contribution in [1.29, 1.82) is 0 Å². The van der Waals surface area contributed by atoms with Crippen molar-refractivity contribution in [3.05, 3.63) is 29.8 Å². The minimum Gasteiger partial charge on any atom is -0.329 e. The summed E-state index contributed by atoms with van der Waals surface area (Å²) in [6.45, 7) is 4.01. The van der Waals surface area contributed by atoms with Crippen LogP contribution in [-0.2, 0) is 10.0 Å². The first-order valence-corrected chi connectivity index (χ1v) is 7.67. The predicted octanol–water partition coefficient (Wildman–Crippen LogP) is 1.82. The van der Waals surface area contributed by atoms with Gasteiger partial charge in [0.15, 0.2) is 0 Å². The third-order valence-corrected chi connectivity index (χ3v) is 5.43. The van der Waals surface area contributed by atoms with Crippen LogP contribution < -0.4 is 10.5 Å². The first kappa shape index (κ1) is 16.4. The first-order chi connectivity index (χ1) is 8.39. The summed E-state index contributed by atoms with van der Waals surface area (Å²) >= 11 is 0. The quantitative estimate of drug-likeness (QED) is 0.871. The zero-order valence-electron chi connectivity index (χ0n) is 11.2. The van der Waals surface area contributed by atoms with E-state index in [1.165, 1.54) is 0 Å². The second-order valence-corrected chi connectivity index (χ2v) is 6.92. The maximum Gasteiger partial charge on any atom is 0.241 e. The van der Waals surface area contributed by atoms with Gasteiger partial charge < -0.3 is 5.73 Å². The molecule has 1 atom stereocenters. The van der Waals surface area contributed by atoms with Crippen LogP contribution >= 0.6 is 12.4 Å². The normalized spacial score (nSPS) is 18.5. The Balaban J connectivity index is 0.00000180. The maximum atomic E-state index is 12.4. The number of sulfonamides is 1. The molecule has 3 N–H and O–H groups in total. The van der Waals surface area contributed by atoms with Gasteiger partial charge in [-0.2, -0.15) is 0 Å². The summed E-state index contributed by atoms with van der Waals surface area (Å²) in [6, 6.07) is 6.99. The first-order valence-electron chi connectivity index (χ1n) is 6.19. The molecule has 4 nitrogen and oxygen atoms in total. The lowest BCUT2D eigenvalue weighted by Crippen LogP contribution is -2.53. The van der Waals surface area contributed by atoms with Gasteiger partial charge in [0.05, 0.1) is 4.90 Å². The lowest BCUT2D eigenvalue weighted by Gasteiger charge is -2.29. The molecule has 108 valence electrons. The van der Waals surface area contributed by atoms with E-state index in [4.69, 9.17) is 5.73 Å². The van der Waals surface area contributed by atoms with Crippen LogP contribution in [0.25, 0.3) is 0 Å². The van der Waals surface area contributed by atoms with Crippen LogP contribution in [0.5, 0.6) is 0 Å². The summed E-state index contributed by atoms with van der Waals surface area (Å²) in [5, 5.41) is 0. The summed E-state index contributed by atoms with van der Waals surface area (Å²) in [4.78, 5) is 0.338. The van der Waals surface area contributed by atoms with Crippen molar-refractivity contribution < 1.29 is 8.42 Å². The van der Waals surface area contributed by atoms with E-state index in [1.807, 2.05) is 13.0 Å². The van der Waals surface area contributed by atoms with Gasteiger partial charge in [0.25, 0.3) is 0 Å². The lowest BCUT2D eigenvalue weighted by molar-refractivity contribution is 0.374. The van der Waals surface area contributed by atoms with Crippen molar-refractivity contribution in [2.75, 3.05) is 6.54 Å². The minimum absolute atomic E-state index is 0. The average molecular weight is 305 g/mol. The van der Waals surface area contributed by atoms with Gasteiger partial charge in [0.2, 0.25) is 10.0 Å². The summed E-state index contributed by atoms with van der Waals surface area (Å²) in [5.74, 6) is 0.362. The molecule has 1 aliphatic carbocycles. The number of nitrogens with two attached hydrogens (primary N) is 1. The Morgan fingerprint density at radius 1 is 1.37 bits per heavy atom. The zero-order chi connectivity index (χ0) is 13.4. The van der Waals surface area contributed by atoms with E-state index in [1.54, 1.807) is 25.1 Å². The van der Waals surface area contributed by atoms with E-state index in [0.717, 1.165) is 18.4 Å². The van der Waals surface area contributed by atoms with E-state index in [0.29, 0.717) is 17.4 Å². The topological polar surface area (TPSA) is 72.2 Å². The smallest absolute Gasteiger partial charge is 0.241 e. The molecule has 19 heavy (non-hydrogen) atoms. The monoisotopic (exact) mass is 304 g/mol. The minimum atomic E-state index is -3.50. The highest BCUT2D eigenvalue weighted by molar-refractivity contribution is 7.89. The highest BCUT2D eigenvalue weighted by atomic mass is 35.5. The van der Waals surface area contributed by atoms with E-state index >= 15 is 0 Å². The molecule has 0 amide bonds. The standard InChI is InChI=1S/C13H20N2O2S.ClH/c1-10-5-3-4-6-12(10)18(16,17)15-13(2,9-14)11-7-8-11;/h3-6,11,15H,7-9,14H2,1-2H3;1H. The van der Waals surface area contributed by atoms with Crippen LogP contribution in [0.4, 0.5) is 0 Å². The van der Waals surface area contributed by atoms with Gasteiger partial charge in [0.1, 0.15) is 0 Å². The van der Waals surface area contributed by atoms with Gasteiger partial charge in [-0.05, 0) is 44.2 Å². The van der Waals surface area contributed by atoms with Crippen molar-refractivity contribution >= 4 is 22.4 Å². The van der Waals surface area contributed by atoms with Crippen molar-refractivity contribution in [3.8, 4) is 0 Å². The molecule has 0 saturated heterocycles. The van der Waals surface area contributed by atoms with Crippen LogP contribution in [-0.4, -0.2) is 20.5 Å². The molecular formula is C13H21ClN2O2S. The molecule has 1 aromatic carbocycles. The molecule has 6 heteroatoms. The number of hydrogen-bond acceptors (Lipinski definition) is 3. The molecule has 1 aliphatic rings. The maximum absolute atomic E-state index is 12.4. The van der Waals surface area contributed by atoms with E-state index < -0.39 is 15.6 Å². The molecule has 0 radical (unpaired) electrons. The Bertz CT molecular complexity index is 543. The lowest BCUT2D eigenvalue weighted by atomic mass is 9.98. The summed E-state index contributed by atoms with van der Waals surface area (Å²) < 4.78 is 27.6. The van der Waals surface area contributed by atoms with Crippen molar-refractivity contribution in [1.82, 2.24) is 4.72 Å². The van der Waals surface area contributed by atoms with E-state index in [2.05, 4.69) is 4.72 Å². The average Bonchev–Trinajstić information content (AvgIpc) is 3.12. The Morgan fingerprint density at radius 3 is 2.42 bits per heavy atom. The van der Waals surface area contributed by atoms with Crippen LogP contribution in [0.3, 0.4) is 0 Å². The molecule has 2 rings (SSSR count). The molecule has 0 aromatic heterocycles. The highest BCUT2D eigenvalue weighted by Gasteiger charge is 2.43. The second-order valence-electron chi connectivity index (χ2n) is 5.27. The molecule has 1 aromatic rings. The fraction of sp³-hybridized carbons (Fsp3) is 0.538. The number of benzene rings is 1. The highest BCUT2D eigenvalue weighted by Crippen LogP contribution is 2.39.